The number of amides is 1. The number of aliphatic imine (C=N–C) groups is 1. The summed E-state index contributed by atoms with van der Waals surface area (Å²) in [6.07, 6.45) is 7.42. The van der Waals surface area contributed by atoms with E-state index in [4.69, 9.17) is 4.99 Å². The average Bonchev–Trinajstić information content (AvgIpc) is 3.35. The maximum atomic E-state index is 11.5. The normalized spacial score (nSPS) is 25.6. The Morgan fingerprint density at radius 2 is 1.68 bits per heavy atom. The molecule has 0 aliphatic heterocycles. The van der Waals surface area contributed by atoms with Crippen LogP contribution in [0.4, 0.5) is 0 Å². The molecule has 0 bridgehead atoms. The third-order valence-electron chi connectivity index (χ3n) is 4.65. The summed E-state index contributed by atoms with van der Waals surface area (Å²) >= 11 is 0. The monoisotopic (exact) mass is 308 g/mol. The summed E-state index contributed by atoms with van der Waals surface area (Å²) in [5.41, 5.74) is 0. The zero-order valence-corrected chi connectivity index (χ0v) is 14.2. The third kappa shape index (κ3) is 6.24. The van der Waals surface area contributed by atoms with Gasteiger partial charge in [-0.05, 0) is 44.4 Å². The molecule has 0 aromatic carbocycles. The van der Waals surface area contributed by atoms with Gasteiger partial charge in [0.25, 0.3) is 0 Å². The number of guanidine groups is 1. The van der Waals surface area contributed by atoms with E-state index in [1.54, 1.807) is 0 Å². The van der Waals surface area contributed by atoms with Crippen LogP contribution in [0.5, 0.6) is 0 Å². The fourth-order valence-corrected chi connectivity index (χ4v) is 2.93. The van der Waals surface area contributed by atoms with Crippen LogP contribution in [0.15, 0.2) is 4.99 Å². The van der Waals surface area contributed by atoms with Crippen LogP contribution in [0.2, 0.25) is 0 Å². The maximum Gasteiger partial charge on any atom is 0.223 e. The van der Waals surface area contributed by atoms with Gasteiger partial charge in [-0.2, -0.15) is 0 Å². The molecule has 2 fully saturated rings. The van der Waals surface area contributed by atoms with Crippen LogP contribution in [0.3, 0.4) is 0 Å². The zero-order chi connectivity index (χ0) is 15.8. The standard InChI is InChI=1S/C17H32N4O/c1-3-18-17(20-11-10-19-16(22)15-8-9-15)21-12-14-6-4-13(2)5-7-14/h13-15H,3-12H2,1-2H3,(H,19,22)(H2,18,20,21). The molecule has 126 valence electrons. The van der Waals surface area contributed by atoms with Gasteiger partial charge in [-0.3, -0.25) is 9.79 Å². The first-order chi connectivity index (χ1) is 10.7. The summed E-state index contributed by atoms with van der Waals surface area (Å²) < 4.78 is 0. The minimum atomic E-state index is 0.208. The van der Waals surface area contributed by atoms with Crippen molar-refractivity contribution in [3.8, 4) is 0 Å². The number of nitrogens with zero attached hydrogens (tertiary/aromatic N) is 1. The molecule has 0 atom stereocenters. The quantitative estimate of drug-likeness (QED) is 0.382. The number of carbonyl (C=O) groups is 1. The van der Waals surface area contributed by atoms with Crippen molar-refractivity contribution in [2.75, 3.05) is 26.2 Å². The molecular weight excluding hydrogens is 276 g/mol. The predicted octanol–water partition coefficient (Wildman–Crippen LogP) is 1.89. The highest BCUT2D eigenvalue weighted by atomic mass is 16.2. The van der Waals surface area contributed by atoms with Gasteiger partial charge in [0, 0.05) is 32.1 Å². The Morgan fingerprint density at radius 1 is 1.00 bits per heavy atom. The van der Waals surface area contributed by atoms with Crippen LogP contribution < -0.4 is 16.0 Å². The highest BCUT2D eigenvalue weighted by Crippen LogP contribution is 2.29. The molecule has 1 amide bonds. The molecule has 0 aromatic rings. The van der Waals surface area contributed by atoms with Gasteiger partial charge < -0.3 is 16.0 Å². The van der Waals surface area contributed by atoms with Gasteiger partial charge in [-0.1, -0.05) is 19.8 Å². The van der Waals surface area contributed by atoms with Crippen LogP contribution in [0.25, 0.3) is 0 Å². The van der Waals surface area contributed by atoms with Gasteiger partial charge >= 0.3 is 0 Å². The van der Waals surface area contributed by atoms with Crippen molar-refractivity contribution in [1.29, 1.82) is 0 Å². The first kappa shape index (κ1) is 17.1. The largest absolute Gasteiger partial charge is 0.357 e. The van der Waals surface area contributed by atoms with Crippen LogP contribution in [-0.4, -0.2) is 38.0 Å². The smallest absolute Gasteiger partial charge is 0.223 e. The van der Waals surface area contributed by atoms with E-state index in [1.807, 2.05) is 0 Å². The third-order valence-corrected chi connectivity index (χ3v) is 4.65. The Hall–Kier alpha value is -1.26. The van der Waals surface area contributed by atoms with Gasteiger partial charge in [0.1, 0.15) is 0 Å². The average molecular weight is 308 g/mol. The molecule has 0 radical (unpaired) electrons. The van der Waals surface area contributed by atoms with Crippen LogP contribution >= 0.6 is 0 Å². The predicted molar refractivity (Wildman–Crippen MR) is 90.8 cm³/mol. The minimum Gasteiger partial charge on any atom is -0.357 e. The minimum absolute atomic E-state index is 0.208. The molecule has 2 aliphatic carbocycles. The van der Waals surface area contributed by atoms with E-state index in [0.717, 1.165) is 50.3 Å². The second-order valence-corrected chi connectivity index (χ2v) is 6.84. The van der Waals surface area contributed by atoms with E-state index in [2.05, 4.69) is 29.8 Å². The fraction of sp³-hybridized carbons (Fsp3) is 0.882. The first-order valence-electron chi connectivity index (χ1n) is 8.99. The van der Waals surface area contributed by atoms with Crippen molar-refractivity contribution in [3.05, 3.63) is 0 Å². The Bertz CT molecular complexity index is 371. The van der Waals surface area contributed by atoms with Crippen molar-refractivity contribution in [2.45, 2.75) is 52.4 Å². The molecular formula is C17H32N4O. The van der Waals surface area contributed by atoms with Crippen LogP contribution in [-0.2, 0) is 4.79 Å². The number of hydrogen-bond acceptors (Lipinski definition) is 2. The summed E-state index contributed by atoms with van der Waals surface area (Å²) in [4.78, 5) is 16.3. The molecule has 0 spiro atoms. The number of nitrogens with one attached hydrogen (secondary N) is 3. The molecule has 22 heavy (non-hydrogen) atoms. The highest BCUT2D eigenvalue weighted by Gasteiger charge is 2.28. The molecule has 0 aromatic heterocycles. The van der Waals surface area contributed by atoms with Crippen molar-refractivity contribution in [3.63, 3.8) is 0 Å². The van der Waals surface area contributed by atoms with E-state index < -0.39 is 0 Å². The second-order valence-electron chi connectivity index (χ2n) is 6.84. The van der Waals surface area contributed by atoms with E-state index in [9.17, 15) is 4.79 Å². The lowest BCUT2D eigenvalue weighted by atomic mass is 9.83. The van der Waals surface area contributed by atoms with Gasteiger partial charge in [-0.25, -0.2) is 0 Å². The number of hydrogen-bond donors (Lipinski definition) is 3. The van der Waals surface area contributed by atoms with E-state index in [0.29, 0.717) is 6.54 Å². The van der Waals surface area contributed by atoms with Gasteiger partial charge in [0.05, 0.1) is 0 Å². The molecule has 2 saturated carbocycles. The molecule has 2 aliphatic rings. The lowest BCUT2D eigenvalue weighted by molar-refractivity contribution is -0.122. The van der Waals surface area contributed by atoms with Crippen LogP contribution in [0, 0.1) is 17.8 Å². The van der Waals surface area contributed by atoms with Gasteiger partial charge in [0.15, 0.2) is 5.96 Å². The number of rotatable bonds is 7. The van der Waals surface area contributed by atoms with Crippen molar-refractivity contribution in [1.82, 2.24) is 16.0 Å². The molecule has 0 saturated heterocycles. The summed E-state index contributed by atoms with van der Waals surface area (Å²) in [6.45, 7) is 7.60. The van der Waals surface area contributed by atoms with Crippen LogP contribution in [0.1, 0.15) is 52.4 Å². The molecule has 2 rings (SSSR count). The second kappa shape index (κ2) is 9.01. The fourth-order valence-electron chi connectivity index (χ4n) is 2.93. The van der Waals surface area contributed by atoms with Gasteiger partial charge in [-0.15, -0.1) is 0 Å². The van der Waals surface area contributed by atoms with Gasteiger partial charge in [0.2, 0.25) is 5.91 Å². The van der Waals surface area contributed by atoms with E-state index >= 15 is 0 Å². The molecule has 5 nitrogen and oxygen atoms in total. The Kier molecular flexibility index (Phi) is 7.00. The first-order valence-corrected chi connectivity index (χ1v) is 8.99. The van der Waals surface area contributed by atoms with Crippen molar-refractivity contribution >= 4 is 11.9 Å². The SMILES string of the molecule is CCNC(=NCC1CCC(C)CC1)NCCNC(=O)C1CC1. The molecule has 0 unspecified atom stereocenters. The topological polar surface area (TPSA) is 65.5 Å². The Morgan fingerprint density at radius 3 is 2.32 bits per heavy atom. The lowest BCUT2D eigenvalue weighted by Gasteiger charge is -2.25. The summed E-state index contributed by atoms with van der Waals surface area (Å²) in [6, 6.07) is 0. The summed E-state index contributed by atoms with van der Waals surface area (Å²) in [7, 11) is 0. The lowest BCUT2D eigenvalue weighted by Crippen LogP contribution is -2.42. The maximum absolute atomic E-state index is 11.5. The highest BCUT2D eigenvalue weighted by molar-refractivity contribution is 5.81. The Labute approximate surface area is 134 Å². The number of carbonyl (C=O) groups excluding carboxylic acids is 1. The van der Waals surface area contributed by atoms with E-state index in [1.165, 1.54) is 25.7 Å². The summed E-state index contributed by atoms with van der Waals surface area (Å²) in [5, 5.41) is 9.56. The van der Waals surface area contributed by atoms with E-state index in [-0.39, 0.29) is 11.8 Å². The molecule has 5 heteroatoms. The Balaban J connectivity index is 1.64. The summed E-state index contributed by atoms with van der Waals surface area (Å²) in [5.74, 6) is 3.00. The molecule has 3 N–H and O–H groups in total. The van der Waals surface area contributed by atoms with Crippen molar-refractivity contribution < 1.29 is 4.79 Å². The van der Waals surface area contributed by atoms with Crippen molar-refractivity contribution in [2.24, 2.45) is 22.7 Å². The zero-order valence-electron chi connectivity index (χ0n) is 14.2. The molecule has 0 heterocycles.